The molecule has 0 heterocycles. The van der Waals surface area contributed by atoms with E-state index in [4.69, 9.17) is 0 Å². The highest BCUT2D eigenvalue weighted by molar-refractivity contribution is 5.24. The second kappa shape index (κ2) is 7.42. The Morgan fingerprint density at radius 1 is 1.19 bits per heavy atom. The fraction of sp³-hybridized carbons (Fsp3) is 0.684. The SMILES string of the molecule is CCC1(CNCC(O)c2ccc(CC(C)C)cc2)CCC1. The van der Waals surface area contributed by atoms with Crippen molar-refractivity contribution in [1.29, 1.82) is 0 Å². The lowest BCUT2D eigenvalue weighted by Gasteiger charge is -2.41. The lowest BCUT2D eigenvalue weighted by molar-refractivity contribution is 0.110. The van der Waals surface area contributed by atoms with Crippen LogP contribution in [0, 0.1) is 11.3 Å². The maximum absolute atomic E-state index is 10.3. The molecule has 1 fully saturated rings. The maximum atomic E-state index is 10.3. The average molecular weight is 289 g/mol. The van der Waals surface area contributed by atoms with Crippen molar-refractivity contribution in [3.63, 3.8) is 0 Å². The largest absolute Gasteiger partial charge is 0.387 e. The fourth-order valence-corrected chi connectivity index (χ4v) is 3.27. The first-order valence-corrected chi connectivity index (χ1v) is 8.52. The van der Waals surface area contributed by atoms with Crippen LogP contribution in [0.25, 0.3) is 0 Å². The van der Waals surface area contributed by atoms with Crippen molar-refractivity contribution >= 4 is 0 Å². The molecule has 1 saturated carbocycles. The molecule has 2 rings (SSSR count). The molecule has 1 aliphatic carbocycles. The molecule has 1 aromatic rings. The predicted molar refractivity (Wildman–Crippen MR) is 89.4 cm³/mol. The normalized spacial score (nSPS) is 18.5. The zero-order valence-corrected chi connectivity index (χ0v) is 13.9. The second-order valence-electron chi connectivity index (χ2n) is 7.19. The van der Waals surface area contributed by atoms with Crippen LogP contribution in [0.5, 0.6) is 0 Å². The molecule has 0 aliphatic heterocycles. The third kappa shape index (κ3) is 4.55. The molecule has 1 unspecified atom stereocenters. The minimum atomic E-state index is -0.396. The Morgan fingerprint density at radius 3 is 2.33 bits per heavy atom. The zero-order valence-electron chi connectivity index (χ0n) is 13.9. The van der Waals surface area contributed by atoms with Gasteiger partial charge in [0.1, 0.15) is 0 Å². The molecule has 0 bridgehead atoms. The summed E-state index contributed by atoms with van der Waals surface area (Å²) in [6.45, 7) is 8.45. The van der Waals surface area contributed by atoms with Crippen LogP contribution in [0.15, 0.2) is 24.3 Å². The Bertz CT molecular complexity index is 414. The number of rotatable bonds is 8. The zero-order chi connectivity index (χ0) is 15.3. The number of aliphatic hydroxyl groups excluding tert-OH is 1. The summed E-state index contributed by atoms with van der Waals surface area (Å²) in [5.41, 5.74) is 2.89. The van der Waals surface area contributed by atoms with Gasteiger partial charge < -0.3 is 10.4 Å². The van der Waals surface area contributed by atoms with E-state index in [2.05, 4.69) is 50.4 Å². The van der Waals surface area contributed by atoms with Gasteiger partial charge in [-0.25, -0.2) is 0 Å². The minimum Gasteiger partial charge on any atom is -0.387 e. The molecule has 118 valence electrons. The summed E-state index contributed by atoms with van der Waals surface area (Å²) in [5, 5.41) is 13.8. The van der Waals surface area contributed by atoms with Gasteiger partial charge in [0.05, 0.1) is 6.10 Å². The molecule has 0 radical (unpaired) electrons. The summed E-state index contributed by atoms with van der Waals surface area (Å²) in [4.78, 5) is 0. The van der Waals surface area contributed by atoms with Crippen LogP contribution < -0.4 is 5.32 Å². The molecule has 1 atom stereocenters. The van der Waals surface area contributed by atoms with E-state index < -0.39 is 6.10 Å². The van der Waals surface area contributed by atoms with Gasteiger partial charge in [0.2, 0.25) is 0 Å². The van der Waals surface area contributed by atoms with Crippen molar-refractivity contribution in [1.82, 2.24) is 5.32 Å². The lowest BCUT2D eigenvalue weighted by atomic mass is 9.67. The third-order valence-electron chi connectivity index (χ3n) is 5.01. The monoisotopic (exact) mass is 289 g/mol. The third-order valence-corrected chi connectivity index (χ3v) is 5.01. The molecule has 2 heteroatoms. The van der Waals surface area contributed by atoms with Gasteiger partial charge in [-0.1, -0.05) is 51.5 Å². The average Bonchev–Trinajstić information content (AvgIpc) is 2.42. The summed E-state index contributed by atoms with van der Waals surface area (Å²) in [5.74, 6) is 0.676. The summed E-state index contributed by atoms with van der Waals surface area (Å²) in [7, 11) is 0. The molecule has 0 spiro atoms. The van der Waals surface area contributed by atoms with Crippen LogP contribution in [0.3, 0.4) is 0 Å². The predicted octanol–water partition coefficient (Wildman–Crippen LogP) is 4.09. The van der Waals surface area contributed by atoms with Crippen LogP contribution in [-0.2, 0) is 6.42 Å². The summed E-state index contributed by atoms with van der Waals surface area (Å²) in [6.07, 6.45) is 6.02. The van der Waals surface area contributed by atoms with Crippen molar-refractivity contribution in [2.24, 2.45) is 11.3 Å². The molecule has 2 nitrogen and oxygen atoms in total. The second-order valence-corrected chi connectivity index (χ2v) is 7.19. The molecule has 2 N–H and O–H groups in total. The summed E-state index contributed by atoms with van der Waals surface area (Å²) >= 11 is 0. The first kappa shape index (κ1) is 16.5. The van der Waals surface area contributed by atoms with Crippen molar-refractivity contribution < 1.29 is 5.11 Å². The van der Waals surface area contributed by atoms with Crippen LogP contribution in [-0.4, -0.2) is 18.2 Å². The van der Waals surface area contributed by atoms with Crippen LogP contribution in [0.4, 0.5) is 0 Å². The number of hydrogen-bond donors (Lipinski definition) is 2. The van der Waals surface area contributed by atoms with Crippen molar-refractivity contribution in [2.75, 3.05) is 13.1 Å². The van der Waals surface area contributed by atoms with Gasteiger partial charge in [0, 0.05) is 13.1 Å². The Balaban J connectivity index is 1.78. The molecular formula is C19H31NO. The van der Waals surface area contributed by atoms with Crippen LogP contribution in [0.2, 0.25) is 0 Å². The maximum Gasteiger partial charge on any atom is 0.0914 e. The Kier molecular flexibility index (Phi) is 5.83. The van der Waals surface area contributed by atoms with Gasteiger partial charge in [0.15, 0.2) is 0 Å². The fourth-order valence-electron chi connectivity index (χ4n) is 3.27. The van der Waals surface area contributed by atoms with Gasteiger partial charge in [-0.3, -0.25) is 0 Å². The molecule has 1 aliphatic rings. The van der Waals surface area contributed by atoms with Crippen LogP contribution in [0.1, 0.15) is 63.7 Å². The molecular weight excluding hydrogens is 258 g/mol. The molecule has 1 aromatic carbocycles. The van der Waals surface area contributed by atoms with E-state index in [1.165, 1.54) is 31.2 Å². The van der Waals surface area contributed by atoms with Gasteiger partial charge in [-0.2, -0.15) is 0 Å². The molecule has 0 aromatic heterocycles. The molecule has 0 saturated heterocycles. The van der Waals surface area contributed by atoms with E-state index in [9.17, 15) is 5.11 Å². The number of nitrogens with one attached hydrogen (secondary N) is 1. The standard InChI is InChI=1S/C19H31NO/c1-4-19(10-5-11-19)14-20-13-18(21)17-8-6-16(7-9-17)12-15(2)3/h6-9,15,18,20-21H,4-5,10-14H2,1-3H3. The topological polar surface area (TPSA) is 32.3 Å². The van der Waals surface area contributed by atoms with E-state index in [1.807, 2.05) is 0 Å². The van der Waals surface area contributed by atoms with E-state index >= 15 is 0 Å². The van der Waals surface area contributed by atoms with E-state index in [1.54, 1.807) is 0 Å². The van der Waals surface area contributed by atoms with E-state index in [0.29, 0.717) is 17.9 Å². The van der Waals surface area contributed by atoms with Gasteiger partial charge >= 0.3 is 0 Å². The van der Waals surface area contributed by atoms with Crippen molar-refractivity contribution in [3.05, 3.63) is 35.4 Å². The highest BCUT2D eigenvalue weighted by Crippen LogP contribution is 2.43. The molecule has 21 heavy (non-hydrogen) atoms. The number of aliphatic hydroxyl groups is 1. The van der Waals surface area contributed by atoms with Crippen molar-refractivity contribution in [2.45, 2.75) is 59.0 Å². The molecule has 0 amide bonds. The minimum absolute atomic E-state index is 0.396. The smallest absolute Gasteiger partial charge is 0.0914 e. The first-order valence-electron chi connectivity index (χ1n) is 8.52. The highest BCUT2D eigenvalue weighted by atomic mass is 16.3. The van der Waals surface area contributed by atoms with Gasteiger partial charge in [-0.15, -0.1) is 0 Å². The lowest BCUT2D eigenvalue weighted by Crippen LogP contribution is -2.40. The highest BCUT2D eigenvalue weighted by Gasteiger charge is 2.34. The summed E-state index contributed by atoms with van der Waals surface area (Å²) in [6, 6.07) is 8.45. The van der Waals surface area contributed by atoms with Crippen molar-refractivity contribution in [3.8, 4) is 0 Å². The van der Waals surface area contributed by atoms with E-state index in [-0.39, 0.29) is 0 Å². The van der Waals surface area contributed by atoms with Gasteiger partial charge in [-0.05, 0) is 48.1 Å². The van der Waals surface area contributed by atoms with Crippen LogP contribution >= 0.6 is 0 Å². The number of benzene rings is 1. The Labute approximate surface area is 130 Å². The Hall–Kier alpha value is -0.860. The van der Waals surface area contributed by atoms with E-state index in [0.717, 1.165) is 18.5 Å². The quantitative estimate of drug-likeness (QED) is 0.755. The summed E-state index contributed by atoms with van der Waals surface area (Å²) < 4.78 is 0. The first-order chi connectivity index (χ1) is 10.0. The number of hydrogen-bond acceptors (Lipinski definition) is 2. The van der Waals surface area contributed by atoms with Gasteiger partial charge in [0.25, 0.3) is 0 Å². The Morgan fingerprint density at radius 2 is 1.86 bits per heavy atom.